The zero-order valence-corrected chi connectivity index (χ0v) is 19.4. The number of rotatable bonds is 3. The van der Waals surface area contributed by atoms with Crippen molar-refractivity contribution in [2.75, 3.05) is 18.4 Å². The van der Waals surface area contributed by atoms with Gasteiger partial charge in [0.25, 0.3) is 0 Å². The van der Waals surface area contributed by atoms with Gasteiger partial charge >= 0.3 is 12.3 Å². The number of benzene rings is 2. The highest BCUT2D eigenvalue weighted by Gasteiger charge is 2.43. The van der Waals surface area contributed by atoms with Crippen LogP contribution in [-0.4, -0.2) is 35.6 Å². The van der Waals surface area contributed by atoms with Crippen LogP contribution >= 0.6 is 0 Å². The molecule has 1 saturated heterocycles. The molecular formula is C25H28F3N3O3. The Morgan fingerprint density at radius 1 is 1.00 bits per heavy atom. The summed E-state index contributed by atoms with van der Waals surface area (Å²) in [6.45, 7) is 7.30. The first-order valence-electron chi connectivity index (χ1n) is 11.2. The molecule has 6 nitrogen and oxygen atoms in total. The minimum atomic E-state index is -4.37. The van der Waals surface area contributed by atoms with Gasteiger partial charge in [0.05, 0.1) is 11.3 Å². The van der Waals surface area contributed by atoms with Gasteiger partial charge in [-0.15, -0.1) is 5.06 Å². The maximum atomic E-state index is 12.8. The highest BCUT2D eigenvalue weighted by atomic mass is 19.4. The Balaban J connectivity index is 1.26. The Morgan fingerprint density at radius 2 is 1.59 bits per heavy atom. The Labute approximate surface area is 196 Å². The molecule has 2 aromatic rings. The number of alkyl halides is 3. The average Bonchev–Trinajstić information content (AvgIpc) is 3.18. The lowest BCUT2D eigenvalue weighted by Gasteiger charge is -2.35. The van der Waals surface area contributed by atoms with Crippen LogP contribution in [0.15, 0.2) is 53.7 Å². The van der Waals surface area contributed by atoms with Gasteiger partial charge < -0.3 is 9.68 Å². The Morgan fingerprint density at radius 3 is 2.15 bits per heavy atom. The zero-order chi connectivity index (χ0) is 24.6. The van der Waals surface area contributed by atoms with Gasteiger partial charge in [-0.25, -0.2) is 4.79 Å². The third-order valence-electron chi connectivity index (χ3n) is 6.23. The molecule has 0 saturated carbocycles. The summed E-state index contributed by atoms with van der Waals surface area (Å²) in [6.07, 6.45) is -3.28. The van der Waals surface area contributed by atoms with E-state index in [0.717, 1.165) is 12.1 Å². The molecule has 9 heteroatoms. The quantitative estimate of drug-likeness (QED) is 0.581. The largest absolute Gasteiger partial charge is 0.430 e. The summed E-state index contributed by atoms with van der Waals surface area (Å²) in [6, 6.07) is 12.6. The van der Waals surface area contributed by atoms with Crippen molar-refractivity contribution < 1.29 is 27.6 Å². The van der Waals surface area contributed by atoms with E-state index in [2.05, 4.69) is 31.2 Å². The average molecular weight is 476 g/mol. The molecule has 2 aromatic carbocycles. The number of piperidine rings is 1. The van der Waals surface area contributed by atoms with E-state index in [1.807, 2.05) is 24.3 Å². The predicted octanol–water partition coefficient (Wildman–Crippen LogP) is 6.13. The Bertz CT molecular complexity index is 1050. The molecule has 2 aliphatic rings. The minimum absolute atomic E-state index is 0.0290. The van der Waals surface area contributed by atoms with E-state index in [1.54, 1.807) is 5.06 Å². The number of hydroxylamine groups is 2. The van der Waals surface area contributed by atoms with Crippen LogP contribution in [0.25, 0.3) is 0 Å². The fourth-order valence-electron chi connectivity index (χ4n) is 4.09. The highest BCUT2D eigenvalue weighted by molar-refractivity contribution is 6.01. The van der Waals surface area contributed by atoms with Crippen LogP contribution in [0.5, 0.6) is 0 Å². The number of nitrogens with zero attached hydrogens (tertiary/aromatic N) is 2. The van der Waals surface area contributed by atoms with Gasteiger partial charge in [0.15, 0.2) is 0 Å². The number of hydrogen-bond acceptors (Lipinski definition) is 5. The molecule has 182 valence electrons. The van der Waals surface area contributed by atoms with Crippen molar-refractivity contribution in [1.82, 2.24) is 5.06 Å². The van der Waals surface area contributed by atoms with Gasteiger partial charge in [-0.2, -0.15) is 13.2 Å². The molecule has 4 rings (SSSR count). The van der Waals surface area contributed by atoms with Crippen LogP contribution in [0, 0.1) is 0 Å². The first kappa shape index (κ1) is 24.1. The summed E-state index contributed by atoms with van der Waals surface area (Å²) >= 11 is 0. The monoisotopic (exact) mass is 475 g/mol. The molecule has 2 heterocycles. The molecule has 0 aliphatic carbocycles. The van der Waals surface area contributed by atoms with Crippen LogP contribution in [0.1, 0.15) is 56.7 Å². The maximum Gasteiger partial charge on any atom is 0.430 e. The summed E-state index contributed by atoms with van der Waals surface area (Å²) in [4.78, 5) is 23.5. The summed E-state index contributed by atoms with van der Waals surface area (Å²) < 4.78 is 38.4. The molecule has 0 aromatic heterocycles. The second-order valence-electron chi connectivity index (χ2n) is 9.82. The molecule has 1 spiro atoms. The molecule has 34 heavy (non-hydrogen) atoms. The molecule has 0 unspecified atom stereocenters. The number of oxime groups is 1. The van der Waals surface area contributed by atoms with E-state index in [9.17, 15) is 18.0 Å². The molecule has 0 bridgehead atoms. The molecule has 2 aliphatic heterocycles. The van der Waals surface area contributed by atoms with Crippen molar-refractivity contribution in [3.05, 3.63) is 65.2 Å². The van der Waals surface area contributed by atoms with Gasteiger partial charge in [-0.1, -0.05) is 50.2 Å². The zero-order valence-electron chi connectivity index (χ0n) is 19.4. The summed E-state index contributed by atoms with van der Waals surface area (Å²) in [5.74, 6) is 0. The van der Waals surface area contributed by atoms with E-state index in [1.165, 1.54) is 17.7 Å². The van der Waals surface area contributed by atoms with Gasteiger partial charge in [-0.05, 0) is 40.8 Å². The second kappa shape index (κ2) is 8.94. The molecule has 1 N–H and O–H groups in total. The predicted molar refractivity (Wildman–Crippen MR) is 122 cm³/mol. The van der Waals surface area contributed by atoms with Crippen molar-refractivity contribution in [1.29, 1.82) is 0 Å². The van der Waals surface area contributed by atoms with Gasteiger partial charge in [0.1, 0.15) is 5.60 Å². The summed E-state index contributed by atoms with van der Waals surface area (Å²) in [5, 5.41) is 8.46. The van der Waals surface area contributed by atoms with Crippen molar-refractivity contribution in [3.63, 3.8) is 0 Å². The third-order valence-corrected chi connectivity index (χ3v) is 6.23. The van der Waals surface area contributed by atoms with E-state index >= 15 is 0 Å². The number of nitrogens with one attached hydrogen (secondary N) is 1. The molecule has 1 amide bonds. The second-order valence-corrected chi connectivity index (χ2v) is 9.82. The lowest BCUT2D eigenvalue weighted by atomic mass is 9.86. The fraction of sp³-hybridized carbons (Fsp3) is 0.440. The van der Waals surface area contributed by atoms with Gasteiger partial charge in [0, 0.05) is 38.0 Å². The SMILES string of the molecule is CC(C)(C)c1ccc(NC(=O)ON2CCC3(CC2)CC(c2ccc(C(F)(F)F)cc2)=NO3)cc1. The van der Waals surface area contributed by atoms with Crippen molar-refractivity contribution in [2.24, 2.45) is 5.16 Å². The Hall–Kier alpha value is -3.07. The van der Waals surface area contributed by atoms with E-state index < -0.39 is 23.4 Å². The number of halogens is 3. The number of carbonyl (C=O) groups excluding carboxylic acids is 1. The number of carbonyl (C=O) groups is 1. The first-order chi connectivity index (χ1) is 15.9. The summed E-state index contributed by atoms with van der Waals surface area (Å²) in [7, 11) is 0. The van der Waals surface area contributed by atoms with E-state index in [4.69, 9.17) is 9.68 Å². The van der Waals surface area contributed by atoms with Crippen LogP contribution in [0.2, 0.25) is 0 Å². The van der Waals surface area contributed by atoms with Crippen molar-refractivity contribution in [2.45, 2.75) is 57.2 Å². The van der Waals surface area contributed by atoms with Crippen LogP contribution in [0.3, 0.4) is 0 Å². The lowest BCUT2D eigenvalue weighted by molar-refractivity contribution is -0.154. The Kier molecular flexibility index (Phi) is 6.33. The van der Waals surface area contributed by atoms with E-state index in [-0.39, 0.29) is 5.41 Å². The van der Waals surface area contributed by atoms with E-state index in [0.29, 0.717) is 49.3 Å². The van der Waals surface area contributed by atoms with Crippen LogP contribution < -0.4 is 5.32 Å². The van der Waals surface area contributed by atoms with Gasteiger partial charge in [-0.3, -0.25) is 5.32 Å². The third kappa shape index (κ3) is 5.52. The molecular weight excluding hydrogens is 447 g/mol. The normalized spacial score (nSPS) is 18.4. The maximum absolute atomic E-state index is 12.8. The minimum Gasteiger partial charge on any atom is -0.388 e. The topological polar surface area (TPSA) is 63.2 Å². The highest BCUT2D eigenvalue weighted by Crippen LogP contribution is 2.37. The van der Waals surface area contributed by atoms with Crippen LogP contribution in [0.4, 0.5) is 23.7 Å². The van der Waals surface area contributed by atoms with Crippen molar-refractivity contribution >= 4 is 17.5 Å². The van der Waals surface area contributed by atoms with Gasteiger partial charge in [0.2, 0.25) is 0 Å². The smallest absolute Gasteiger partial charge is 0.388 e. The first-order valence-corrected chi connectivity index (χ1v) is 11.2. The summed E-state index contributed by atoms with van der Waals surface area (Å²) in [5.41, 5.74) is 1.86. The molecule has 0 atom stereocenters. The lowest BCUT2D eigenvalue weighted by Crippen LogP contribution is -2.45. The van der Waals surface area contributed by atoms with Crippen LogP contribution in [-0.2, 0) is 21.3 Å². The number of hydrogen-bond donors (Lipinski definition) is 1. The fourth-order valence-corrected chi connectivity index (χ4v) is 4.09. The van der Waals surface area contributed by atoms with Crippen molar-refractivity contribution in [3.8, 4) is 0 Å². The number of anilines is 1. The molecule has 1 fully saturated rings. The molecule has 0 radical (unpaired) electrons. The number of amides is 1. The standard InChI is InChI=1S/C25H28F3N3O3/c1-23(2,3)18-8-10-20(11-9-18)29-22(32)33-31-14-12-24(13-15-31)16-21(30-34-24)17-4-6-19(7-5-17)25(26,27)28/h4-11H,12-16H2,1-3H3,(H,29,32).